The third kappa shape index (κ3) is 3.97. The Morgan fingerprint density at radius 3 is 2.77 bits per heavy atom. The number of rotatable bonds is 6. The molecule has 6 atom stereocenters. The third-order valence-electron chi connectivity index (χ3n) is 8.15. The Morgan fingerprint density at radius 1 is 1.33 bits per heavy atom. The number of hydrogen-bond donors (Lipinski definition) is 1. The van der Waals surface area contributed by atoms with Gasteiger partial charge in [-0.25, -0.2) is 0 Å². The molecule has 1 heterocycles. The van der Waals surface area contributed by atoms with Crippen LogP contribution in [0.15, 0.2) is 42.5 Å². The molecule has 4 rings (SSSR count). The van der Waals surface area contributed by atoms with Crippen molar-refractivity contribution in [1.82, 2.24) is 4.90 Å². The van der Waals surface area contributed by atoms with Crippen LogP contribution in [-0.4, -0.2) is 41.7 Å². The Bertz CT molecular complexity index is 789. The van der Waals surface area contributed by atoms with Gasteiger partial charge < -0.3 is 9.84 Å². The summed E-state index contributed by atoms with van der Waals surface area (Å²) in [5.41, 5.74) is 1.55. The number of benzene rings is 1. The second-order valence-electron chi connectivity index (χ2n) is 10.4. The van der Waals surface area contributed by atoms with Gasteiger partial charge >= 0.3 is 5.97 Å². The number of hydrogen-bond acceptors (Lipinski definition) is 4. The van der Waals surface area contributed by atoms with Crippen LogP contribution in [0, 0.1) is 23.2 Å². The van der Waals surface area contributed by atoms with Crippen LogP contribution >= 0.6 is 0 Å². The fourth-order valence-corrected chi connectivity index (χ4v) is 6.37. The van der Waals surface area contributed by atoms with E-state index in [0.29, 0.717) is 19.0 Å². The summed E-state index contributed by atoms with van der Waals surface area (Å²) >= 11 is 0. The molecule has 2 aliphatic carbocycles. The van der Waals surface area contributed by atoms with Crippen LogP contribution < -0.4 is 0 Å². The molecule has 4 heteroatoms. The molecular weight excluding hydrogens is 374 g/mol. The molecule has 0 bridgehead atoms. The first-order valence-electron chi connectivity index (χ1n) is 11.6. The molecule has 0 radical (unpaired) electrons. The van der Waals surface area contributed by atoms with Crippen LogP contribution in [0.3, 0.4) is 0 Å². The van der Waals surface area contributed by atoms with E-state index in [2.05, 4.69) is 25.3 Å². The summed E-state index contributed by atoms with van der Waals surface area (Å²) in [6, 6.07) is 9.79. The summed E-state index contributed by atoms with van der Waals surface area (Å²) in [4.78, 5) is 15.1. The fourth-order valence-electron chi connectivity index (χ4n) is 6.37. The summed E-state index contributed by atoms with van der Waals surface area (Å²) in [7, 11) is 0. The number of carbonyl (C=O) groups is 1. The Hall–Kier alpha value is -1.65. The maximum Gasteiger partial charge on any atom is 0.310 e. The van der Waals surface area contributed by atoms with Crippen LogP contribution in [0.25, 0.3) is 0 Å². The van der Waals surface area contributed by atoms with E-state index in [1.165, 1.54) is 18.4 Å². The van der Waals surface area contributed by atoms with Gasteiger partial charge in [-0.3, -0.25) is 9.69 Å². The molecule has 2 saturated carbocycles. The Labute approximate surface area is 181 Å². The number of fused-ring (bicyclic) bond motifs is 2. The van der Waals surface area contributed by atoms with Gasteiger partial charge in [0.1, 0.15) is 6.10 Å². The first kappa shape index (κ1) is 21.6. The van der Waals surface area contributed by atoms with E-state index >= 15 is 0 Å². The summed E-state index contributed by atoms with van der Waals surface area (Å²) in [5.74, 6) is 0.615. The molecule has 1 N–H and O–H groups in total. The van der Waals surface area contributed by atoms with Crippen molar-refractivity contribution >= 4 is 5.97 Å². The molecule has 0 amide bonds. The maximum absolute atomic E-state index is 12.9. The number of likely N-dealkylation sites (N-methyl/N-ethyl adjacent to an activating group) is 1. The SMILES string of the molecule is C=C1CCC[C@@]2(C)C[C@H]3OC(=O)[C@@H](CN(CC)C[C@@](C)(O)c4ccccc4)[C@H]3C[C@H]12. The van der Waals surface area contributed by atoms with Crippen LogP contribution in [0.5, 0.6) is 0 Å². The van der Waals surface area contributed by atoms with Crippen molar-refractivity contribution in [3.8, 4) is 0 Å². The summed E-state index contributed by atoms with van der Waals surface area (Å²) in [6.45, 7) is 12.7. The smallest absolute Gasteiger partial charge is 0.310 e. The normalized spacial score (nSPS) is 35.5. The largest absolute Gasteiger partial charge is 0.462 e. The topological polar surface area (TPSA) is 49.8 Å². The minimum atomic E-state index is -0.956. The molecule has 1 saturated heterocycles. The maximum atomic E-state index is 12.9. The van der Waals surface area contributed by atoms with E-state index in [0.717, 1.165) is 31.4 Å². The van der Waals surface area contributed by atoms with E-state index in [1.807, 2.05) is 37.3 Å². The third-order valence-corrected chi connectivity index (χ3v) is 8.15. The molecule has 0 unspecified atom stereocenters. The average molecular weight is 412 g/mol. The molecule has 0 aromatic heterocycles. The van der Waals surface area contributed by atoms with Crippen LogP contribution in [0.1, 0.15) is 58.4 Å². The van der Waals surface area contributed by atoms with Crippen LogP contribution in [0.4, 0.5) is 0 Å². The van der Waals surface area contributed by atoms with Crippen LogP contribution in [0.2, 0.25) is 0 Å². The van der Waals surface area contributed by atoms with E-state index in [9.17, 15) is 9.90 Å². The minimum Gasteiger partial charge on any atom is -0.462 e. The highest BCUT2D eigenvalue weighted by atomic mass is 16.6. The van der Waals surface area contributed by atoms with Gasteiger partial charge in [-0.1, -0.05) is 56.3 Å². The minimum absolute atomic E-state index is 0.0444. The van der Waals surface area contributed by atoms with Crippen molar-refractivity contribution < 1.29 is 14.6 Å². The lowest BCUT2D eigenvalue weighted by atomic mass is 9.55. The lowest BCUT2D eigenvalue weighted by molar-refractivity contribution is -0.146. The van der Waals surface area contributed by atoms with Gasteiger partial charge in [0.25, 0.3) is 0 Å². The summed E-state index contributed by atoms with van der Waals surface area (Å²) < 4.78 is 5.93. The van der Waals surface area contributed by atoms with Gasteiger partial charge in [0, 0.05) is 19.0 Å². The Morgan fingerprint density at radius 2 is 2.07 bits per heavy atom. The van der Waals surface area contributed by atoms with Gasteiger partial charge in [0.05, 0.1) is 11.5 Å². The zero-order chi connectivity index (χ0) is 21.5. The second kappa shape index (κ2) is 8.12. The number of carbonyl (C=O) groups excluding carboxylic acids is 1. The predicted octanol–water partition coefficient (Wildman–Crippen LogP) is 4.53. The standard InChI is InChI=1S/C26H37NO3/c1-5-27(17-26(4,29)19-11-7-6-8-12-19)16-21-20-14-22-18(2)10-9-13-25(22,3)15-23(20)30-24(21)28/h6-8,11-12,20-23,29H,2,5,9-10,13-17H2,1,3-4H3/t20-,21+,22-,23-,25+,26-/m1/s1. The molecular formula is C26H37NO3. The van der Waals surface area contributed by atoms with E-state index in [-0.39, 0.29) is 29.3 Å². The summed E-state index contributed by atoms with van der Waals surface area (Å²) in [6.07, 6.45) is 5.57. The number of aliphatic hydroxyl groups is 1. The second-order valence-corrected chi connectivity index (χ2v) is 10.4. The zero-order valence-electron chi connectivity index (χ0n) is 18.8. The molecule has 0 spiro atoms. The highest BCUT2D eigenvalue weighted by Gasteiger charge is 2.55. The molecule has 164 valence electrons. The van der Waals surface area contributed by atoms with Crippen molar-refractivity contribution in [1.29, 1.82) is 0 Å². The van der Waals surface area contributed by atoms with Crippen molar-refractivity contribution in [2.75, 3.05) is 19.6 Å². The molecule has 4 nitrogen and oxygen atoms in total. The fraction of sp³-hybridized carbons (Fsp3) is 0.654. The zero-order valence-corrected chi connectivity index (χ0v) is 18.8. The Balaban J connectivity index is 1.48. The van der Waals surface area contributed by atoms with Gasteiger partial charge in [0.2, 0.25) is 0 Å². The number of allylic oxidation sites excluding steroid dienone is 1. The van der Waals surface area contributed by atoms with Crippen molar-refractivity contribution in [3.63, 3.8) is 0 Å². The van der Waals surface area contributed by atoms with Crippen molar-refractivity contribution in [2.45, 2.75) is 64.6 Å². The van der Waals surface area contributed by atoms with E-state index < -0.39 is 5.60 Å². The quantitative estimate of drug-likeness (QED) is 0.552. The van der Waals surface area contributed by atoms with Gasteiger partial charge in [0.15, 0.2) is 0 Å². The Kier molecular flexibility index (Phi) is 5.84. The first-order valence-corrected chi connectivity index (χ1v) is 11.6. The van der Waals surface area contributed by atoms with E-state index in [1.54, 1.807) is 0 Å². The lowest BCUT2D eigenvalue weighted by Gasteiger charge is -2.50. The van der Waals surface area contributed by atoms with Gasteiger partial charge in [-0.2, -0.15) is 0 Å². The molecule has 1 aromatic carbocycles. The molecule has 3 aliphatic rings. The highest BCUT2D eigenvalue weighted by Crippen LogP contribution is 2.56. The molecule has 3 fully saturated rings. The summed E-state index contributed by atoms with van der Waals surface area (Å²) in [5, 5.41) is 11.1. The molecule has 1 aromatic rings. The monoisotopic (exact) mass is 411 g/mol. The molecule has 30 heavy (non-hydrogen) atoms. The lowest BCUT2D eigenvalue weighted by Crippen LogP contribution is -2.47. The molecule has 1 aliphatic heterocycles. The first-order chi connectivity index (χ1) is 14.2. The van der Waals surface area contributed by atoms with Gasteiger partial charge in [-0.15, -0.1) is 0 Å². The average Bonchev–Trinajstić information content (AvgIpc) is 3.00. The van der Waals surface area contributed by atoms with Crippen molar-refractivity contribution in [2.24, 2.45) is 23.2 Å². The predicted molar refractivity (Wildman–Crippen MR) is 119 cm³/mol. The van der Waals surface area contributed by atoms with E-state index in [4.69, 9.17) is 4.74 Å². The number of ether oxygens (including phenoxy) is 1. The van der Waals surface area contributed by atoms with Crippen LogP contribution in [-0.2, 0) is 15.1 Å². The van der Waals surface area contributed by atoms with Crippen molar-refractivity contribution in [3.05, 3.63) is 48.0 Å². The van der Waals surface area contributed by atoms with Gasteiger partial charge in [-0.05, 0) is 62.5 Å². The highest BCUT2D eigenvalue weighted by molar-refractivity contribution is 5.75. The number of nitrogens with zero attached hydrogens (tertiary/aromatic N) is 1. The number of esters is 1.